The molecule has 1 heterocycles. The first-order valence-electron chi connectivity index (χ1n) is 9.28. The highest BCUT2D eigenvalue weighted by Gasteiger charge is 2.16. The van der Waals surface area contributed by atoms with Gasteiger partial charge < -0.3 is 10.3 Å². The predicted molar refractivity (Wildman–Crippen MR) is 112 cm³/mol. The summed E-state index contributed by atoms with van der Waals surface area (Å²) in [5, 5.41) is 3.03. The molecule has 0 saturated heterocycles. The molecule has 0 atom stereocenters. The Labute approximate surface area is 156 Å². The molecular formula is C20H31N3OS. The molecule has 0 radical (unpaired) electrons. The van der Waals surface area contributed by atoms with Crippen molar-refractivity contribution in [3.05, 3.63) is 30.1 Å². The minimum absolute atomic E-state index is 0. The molecule has 1 aromatic heterocycles. The Bertz CT molecular complexity index is 770. The van der Waals surface area contributed by atoms with Gasteiger partial charge >= 0.3 is 0 Å². The molecule has 4 nitrogen and oxygen atoms in total. The van der Waals surface area contributed by atoms with Crippen molar-refractivity contribution in [3.8, 4) is 0 Å². The third kappa shape index (κ3) is 4.66. The minimum Gasteiger partial charge on any atom is -0.337 e. The lowest BCUT2D eigenvalue weighted by atomic mass is 10.0. The van der Waals surface area contributed by atoms with Crippen molar-refractivity contribution < 1.29 is 7.65 Å². The number of carbonyl (C=O) groups excluding carboxylic acids is 1. The maximum Gasteiger partial charge on any atom is 0.224 e. The molecule has 2 N–H and O–H groups in total. The quantitative estimate of drug-likeness (QED) is 0.628. The number of rotatable bonds is 7. The first-order valence-corrected chi connectivity index (χ1v) is 10.3. The van der Waals surface area contributed by atoms with Crippen molar-refractivity contribution >= 4 is 39.3 Å². The Morgan fingerprint density at radius 1 is 1.44 bits per heavy atom. The normalized spacial score (nSPS) is 15.8. The van der Waals surface area contributed by atoms with Crippen LogP contribution in [0.15, 0.2) is 24.3 Å². The minimum atomic E-state index is 0. The van der Waals surface area contributed by atoms with E-state index in [1.807, 2.05) is 25.1 Å². The third-order valence-corrected chi connectivity index (χ3v) is 5.84. The van der Waals surface area contributed by atoms with Gasteiger partial charge in [0.2, 0.25) is 5.91 Å². The number of allylic oxidation sites excluding steroid dienone is 1. The van der Waals surface area contributed by atoms with Crippen LogP contribution in [0.3, 0.4) is 0 Å². The van der Waals surface area contributed by atoms with E-state index in [1.54, 1.807) is 11.8 Å². The summed E-state index contributed by atoms with van der Waals surface area (Å²) in [6, 6.07) is 5.87. The van der Waals surface area contributed by atoms with E-state index in [4.69, 9.17) is 0 Å². The molecule has 0 spiro atoms. The van der Waals surface area contributed by atoms with Crippen LogP contribution in [-0.2, 0) is 4.79 Å². The third-order valence-electron chi connectivity index (χ3n) is 4.82. The van der Waals surface area contributed by atoms with E-state index in [2.05, 4.69) is 28.3 Å². The molecule has 2 aromatic rings. The van der Waals surface area contributed by atoms with Crippen LogP contribution in [0.1, 0.15) is 61.1 Å². The number of nitrogens with one attached hydrogen (secondary N) is 2. The summed E-state index contributed by atoms with van der Waals surface area (Å²) in [7, 11) is 0. The van der Waals surface area contributed by atoms with Crippen LogP contribution in [0.5, 0.6) is 0 Å². The summed E-state index contributed by atoms with van der Waals surface area (Å²) in [4.78, 5) is 21.4. The lowest BCUT2D eigenvalue weighted by Crippen LogP contribution is -2.12. The van der Waals surface area contributed by atoms with Crippen LogP contribution in [-0.4, -0.2) is 21.6 Å². The molecule has 25 heavy (non-hydrogen) atoms. The maximum atomic E-state index is 12.2. The Morgan fingerprint density at radius 2 is 2.24 bits per heavy atom. The summed E-state index contributed by atoms with van der Waals surface area (Å²) in [6.07, 6.45) is 8.95. The van der Waals surface area contributed by atoms with Crippen LogP contribution in [0.4, 0.5) is 5.69 Å². The predicted octanol–water partition coefficient (Wildman–Crippen LogP) is 6.08. The molecule has 138 valence electrons. The smallest absolute Gasteiger partial charge is 0.224 e. The highest BCUT2D eigenvalue weighted by molar-refractivity contribution is 8.08. The highest BCUT2D eigenvalue weighted by Crippen LogP contribution is 2.29. The average Bonchev–Trinajstić information content (AvgIpc) is 3.26. The van der Waals surface area contributed by atoms with Gasteiger partial charge in [-0.25, -0.2) is 4.98 Å². The summed E-state index contributed by atoms with van der Waals surface area (Å²) in [5.74, 6) is 2.77. The van der Waals surface area contributed by atoms with E-state index in [-0.39, 0.29) is 8.76 Å². The van der Waals surface area contributed by atoms with E-state index in [1.165, 1.54) is 25.7 Å². The van der Waals surface area contributed by atoms with E-state index < -0.39 is 0 Å². The van der Waals surface area contributed by atoms with Gasteiger partial charge in [-0.1, -0.05) is 38.7 Å². The lowest BCUT2D eigenvalue weighted by molar-refractivity contribution is -0.116. The van der Waals surface area contributed by atoms with Gasteiger partial charge in [0.05, 0.1) is 11.0 Å². The number of benzene rings is 1. The molecule has 3 rings (SSSR count). The number of aromatic amines is 1. The van der Waals surface area contributed by atoms with Gasteiger partial charge in [-0.15, -0.1) is 11.8 Å². The van der Waals surface area contributed by atoms with Gasteiger partial charge in [0.1, 0.15) is 5.82 Å². The fourth-order valence-electron chi connectivity index (χ4n) is 3.51. The Morgan fingerprint density at radius 3 is 2.96 bits per heavy atom. The van der Waals surface area contributed by atoms with Gasteiger partial charge in [0.25, 0.3) is 0 Å². The van der Waals surface area contributed by atoms with Gasteiger partial charge in [0.15, 0.2) is 0 Å². The summed E-state index contributed by atoms with van der Waals surface area (Å²) < 4.78 is 0. The molecule has 1 amide bonds. The van der Waals surface area contributed by atoms with E-state index in [0.29, 0.717) is 6.42 Å². The molecule has 0 aliphatic heterocycles. The second kappa shape index (κ2) is 8.56. The molecule has 1 aliphatic carbocycles. The Hall–Kier alpha value is -1.75. The number of nitrogens with zero attached hydrogens (tertiary/aromatic N) is 1. The highest BCUT2D eigenvalue weighted by atomic mass is 32.2. The lowest BCUT2D eigenvalue weighted by Gasteiger charge is -2.09. The summed E-state index contributed by atoms with van der Waals surface area (Å²) >= 11 is 1.78. The molecule has 1 aliphatic rings. The first-order chi connectivity index (χ1) is 12.2. The van der Waals surface area contributed by atoms with E-state index in [9.17, 15) is 4.79 Å². The molecule has 1 aromatic carbocycles. The number of hydrogen-bond donors (Lipinski definition) is 2. The van der Waals surface area contributed by atoms with E-state index in [0.717, 1.165) is 45.5 Å². The molecule has 5 heteroatoms. The Kier molecular flexibility index (Phi) is 6.19. The van der Waals surface area contributed by atoms with Crippen molar-refractivity contribution in [2.45, 2.75) is 52.4 Å². The van der Waals surface area contributed by atoms with Gasteiger partial charge in [0, 0.05) is 19.9 Å². The molecular weight excluding hydrogens is 330 g/mol. The number of H-pyrrole nitrogens is 1. The Balaban J connectivity index is 0.00000182. The second-order valence-electron chi connectivity index (χ2n) is 6.64. The van der Waals surface area contributed by atoms with Crippen LogP contribution in [0.2, 0.25) is 0 Å². The number of carbonyl (C=O) groups is 1. The number of anilines is 1. The fourth-order valence-corrected chi connectivity index (χ4v) is 4.22. The maximum absolute atomic E-state index is 12.2. The molecule has 1 fully saturated rings. The first kappa shape index (κ1) is 18.1. The number of amides is 1. The van der Waals surface area contributed by atoms with Crippen LogP contribution < -0.4 is 5.32 Å². The van der Waals surface area contributed by atoms with Crippen LogP contribution >= 0.6 is 11.8 Å². The summed E-state index contributed by atoms with van der Waals surface area (Å²) in [5.41, 5.74) is 2.72. The van der Waals surface area contributed by atoms with Crippen molar-refractivity contribution in [3.63, 3.8) is 0 Å². The van der Waals surface area contributed by atoms with E-state index >= 15 is 0 Å². The molecule has 0 unspecified atom stereocenters. The SMILES string of the molecule is C/C=C(\SCC)c1nc2ccc(NC(=O)CCC3CCCC3)cc2[nH]1.[HH].[HH]. The topological polar surface area (TPSA) is 57.8 Å². The number of fused-ring (bicyclic) bond motifs is 1. The van der Waals surface area contributed by atoms with Crippen molar-refractivity contribution in [2.24, 2.45) is 5.92 Å². The largest absolute Gasteiger partial charge is 0.337 e. The fraction of sp³-hybridized carbons (Fsp3) is 0.500. The molecule has 0 bridgehead atoms. The van der Waals surface area contributed by atoms with Crippen molar-refractivity contribution in [2.75, 3.05) is 11.1 Å². The number of imidazole rings is 1. The number of thioether (sulfide) groups is 1. The monoisotopic (exact) mass is 361 g/mol. The second-order valence-corrected chi connectivity index (χ2v) is 7.95. The van der Waals surface area contributed by atoms with Crippen LogP contribution in [0, 0.1) is 5.92 Å². The average molecular weight is 362 g/mol. The van der Waals surface area contributed by atoms with Crippen molar-refractivity contribution in [1.29, 1.82) is 0 Å². The standard InChI is InChI=1S/C20H27N3OS.2H2/c1-3-18(25-4-2)20-22-16-11-10-15(13-17(16)23-20)21-19(24)12-9-14-7-5-6-8-14;;/h3,10-11,13-14H,4-9,12H2,1-2H3,(H,21,24)(H,22,23);2*1H/b18-3-;;. The van der Waals surface area contributed by atoms with Gasteiger partial charge in [-0.2, -0.15) is 0 Å². The zero-order valence-corrected chi connectivity index (χ0v) is 15.9. The zero-order chi connectivity index (χ0) is 17.6. The van der Waals surface area contributed by atoms with Gasteiger partial charge in [-0.05, 0) is 43.2 Å². The van der Waals surface area contributed by atoms with Gasteiger partial charge in [-0.3, -0.25) is 4.79 Å². The molecule has 1 saturated carbocycles. The number of hydrogen-bond acceptors (Lipinski definition) is 3. The van der Waals surface area contributed by atoms with Crippen molar-refractivity contribution in [1.82, 2.24) is 9.97 Å². The van der Waals surface area contributed by atoms with Crippen LogP contribution in [0.25, 0.3) is 15.9 Å². The number of aromatic nitrogens is 2. The summed E-state index contributed by atoms with van der Waals surface area (Å²) in [6.45, 7) is 4.16. The zero-order valence-electron chi connectivity index (χ0n) is 15.1.